The van der Waals surface area contributed by atoms with Gasteiger partial charge in [-0.3, -0.25) is 15.0 Å². The smallest absolute Gasteiger partial charge is 0.337 e. The van der Waals surface area contributed by atoms with E-state index in [2.05, 4.69) is 5.32 Å². The number of carboxylic acids is 1. The third-order valence-corrected chi connectivity index (χ3v) is 5.48. The lowest BCUT2D eigenvalue weighted by atomic mass is 9.98. The van der Waals surface area contributed by atoms with Crippen LogP contribution in [0.1, 0.15) is 28.4 Å². The van der Waals surface area contributed by atoms with Gasteiger partial charge in [0.25, 0.3) is 5.91 Å². The first-order valence-electron chi connectivity index (χ1n) is 10.5. The molecule has 0 aliphatic rings. The summed E-state index contributed by atoms with van der Waals surface area (Å²) in [6.45, 7) is 1.45. The second-order valence-corrected chi connectivity index (χ2v) is 7.70. The van der Waals surface area contributed by atoms with Gasteiger partial charge in [0.15, 0.2) is 0 Å². The molecule has 0 saturated carbocycles. The fraction of sp³-hybridized carbons (Fsp3) is 0.115. The normalized spacial score (nSPS) is 10.2. The van der Waals surface area contributed by atoms with Crippen molar-refractivity contribution in [3.8, 4) is 28.7 Å². The maximum absolute atomic E-state index is 12.7. The standard InChI is InChI=1S/C26H22N4O6/c1-14(31)30(2)17-7-5-16(6-8-17)18-11-22(32)20(12-23(18)36-3)24(28)25(33)29-21-9-4-15(13-27)10-19(21)26(34)35/h4-12,28,32H,1-3H3,(H,29,33)(H,34,35). The average molecular weight is 486 g/mol. The number of hydrogen-bond donors (Lipinski definition) is 4. The fourth-order valence-electron chi connectivity index (χ4n) is 3.42. The van der Waals surface area contributed by atoms with Crippen molar-refractivity contribution in [2.75, 3.05) is 24.4 Å². The summed E-state index contributed by atoms with van der Waals surface area (Å²) in [5, 5.41) is 39.6. The third-order valence-electron chi connectivity index (χ3n) is 5.48. The molecule has 0 saturated heterocycles. The molecule has 0 radical (unpaired) electrons. The fourth-order valence-corrected chi connectivity index (χ4v) is 3.42. The molecule has 0 unspecified atom stereocenters. The molecule has 0 aromatic heterocycles. The third kappa shape index (κ3) is 5.15. The number of aromatic hydroxyl groups is 1. The Labute approximate surface area is 206 Å². The number of nitrogens with one attached hydrogen (secondary N) is 2. The van der Waals surface area contributed by atoms with Crippen molar-refractivity contribution in [1.29, 1.82) is 10.7 Å². The van der Waals surface area contributed by atoms with E-state index in [0.29, 0.717) is 16.8 Å². The van der Waals surface area contributed by atoms with Crippen LogP contribution in [-0.4, -0.2) is 47.9 Å². The Bertz CT molecular complexity index is 1420. The average Bonchev–Trinajstić information content (AvgIpc) is 2.87. The van der Waals surface area contributed by atoms with Gasteiger partial charge in [-0.15, -0.1) is 0 Å². The number of ether oxygens (including phenoxy) is 1. The van der Waals surface area contributed by atoms with Crippen LogP contribution in [0.4, 0.5) is 11.4 Å². The van der Waals surface area contributed by atoms with Gasteiger partial charge in [0, 0.05) is 25.2 Å². The molecule has 0 aliphatic carbocycles. The minimum atomic E-state index is -1.36. The summed E-state index contributed by atoms with van der Waals surface area (Å²) < 4.78 is 5.42. The molecular formula is C26H22N4O6. The van der Waals surface area contributed by atoms with E-state index in [1.54, 1.807) is 31.3 Å². The minimum absolute atomic E-state index is 0.0967. The second kappa shape index (κ2) is 10.4. The van der Waals surface area contributed by atoms with Crippen molar-refractivity contribution in [2.45, 2.75) is 6.92 Å². The molecule has 3 rings (SSSR count). The zero-order chi connectivity index (χ0) is 26.6. The predicted molar refractivity (Wildman–Crippen MR) is 133 cm³/mol. The summed E-state index contributed by atoms with van der Waals surface area (Å²) in [6, 6.07) is 15.1. The number of carbonyl (C=O) groups excluding carboxylic acids is 2. The second-order valence-electron chi connectivity index (χ2n) is 7.70. The molecule has 10 nitrogen and oxygen atoms in total. The molecule has 0 aliphatic heterocycles. The number of methoxy groups -OCH3 is 1. The van der Waals surface area contributed by atoms with Gasteiger partial charge in [-0.1, -0.05) is 12.1 Å². The first kappa shape index (κ1) is 25.5. The number of carbonyl (C=O) groups is 3. The molecule has 0 atom stereocenters. The monoisotopic (exact) mass is 486 g/mol. The van der Waals surface area contributed by atoms with E-state index < -0.39 is 17.6 Å². The molecule has 0 bridgehead atoms. The van der Waals surface area contributed by atoms with Crippen molar-refractivity contribution < 1.29 is 29.3 Å². The van der Waals surface area contributed by atoms with Crippen LogP contribution >= 0.6 is 0 Å². The number of anilines is 2. The van der Waals surface area contributed by atoms with E-state index in [9.17, 15) is 24.6 Å². The number of nitrogens with zero attached hydrogens (tertiary/aromatic N) is 2. The molecule has 4 N–H and O–H groups in total. The van der Waals surface area contributed by atoms with Gasteiger partial charge in [0.1, 0.15) is 17.2 Å². The summed E-state index contributed by atoms with van der Waals surface area (Å²) in [4.78, 5) is 37.3. The van der Waals surface area contributed by atoms with Crippen LogP contribution in [-0.2, 0) is 9.59 Å². The highest BCUT2D eigenvalue weighted by Crippen LogP contribution is 2.36. The van der Waals surface area contributed by atoms with Crippen LogP contribution in [0.25, 0.3) is 11.1 Å². The summed E-state index contributed by atoms with van der Waals surface area (Å²) in [5.74, 6) is -2.55. The Morgan fingerprint density at radius 3 is 2.28 bits per heavy atom. The SMILES string of the molecule is COc1cc(C(=N)C(=O)Nc2ccc(C#N)cc2C(=O)O)c(O)cc1-c1ccc(N(C)C(C)=O)cc1. The van der Waals surface area contributed by atoms with Crippen LogP contribution in [0, 0.1) is 16.7 Å². The summed E-state index contributed by atoms with van der Waals surface area (Å²) >= 11 is 0. The lowest BCUT2D eigenvalue weighted by Gasteiger charge is -2.17. The number of benzene rings is 3. The highest BCUT2D eigenvalue weighted by molar-refractivity contribution is 6.48. The number of phenols is 1. The largest absolute Gasteiger partial charge is 0.507 e. The van der Waals surface area contributed by atoms with Gasteiger partial charge in [-0.2, -0.15) is 5.26 Å². The molecule has 182 valence electrons. The Morgan fingerprint density at radius 2 is 1.72 bits per heavy atom. The number of amides is 2. The number of carboxylic acid groups (broad SMARTS) is 1. The molecule has 36 heavy (non-hydrogen) atoms. The van der Waals surface area contributed by atoms with Gasteiger partial charge >= 0.3 is 5.97 Å². The van der Waals surface area contributed by atoms with Gasteiger partial charge in [-0.25, -0.2) is 4.79 Å². The molecule has 0 spiro atoms. The topological polar surface area (TPSA) is 164 Å². The van der Waals surface area contributed by atoms with Crippen molar-refractivity contribution in [3.05, 3.63) is 71.3 Å². The Kier molecular flexibility index (Phi) is 7.35. The summed E-state index contributed by atoms with van der Waals surface area (Å²) in [7, 11) is 3.05. The van der Waals surface area contributed by atoms with E-state index in [-0.39, 0.29) is 39.8 Å². The highest BCUT2D eigenvalue weighted by Gasteiger charge is 2.22. The van der Waals surface area contributed by atoms with Crippen LogP contribution < -0.4 is 15.0 Å². The van der Waals surface area contributed by atoms with Crippen LogP contribution in [0.15, 0.2) is 54.6 Å². The van der Waals surface area contributed by atoms with Crippen LogP contribution in [0.5, 0.6) is 11.5 Å². The van der Waals surface area contributed by atoms with Gasteiger partial charge < -0.3 is 25.2 Å². The number of nitriles is 1. The first-order valence-corrected chi connectivity index (χ1v) is 10.5. The number of rotatable bonds is 7. The molecule has 3 aromatic rings. The first-order chi connectivity index (χ1) is 17.1. The van der Waals surface area contributed by atoms with Gasteiger partial charge in [-0.05, 0) is 48.0 Å². The lowest BCUT2D eigenvalue weighted by molar-refractivity contribution is -0.116. The van der Waals surface area contributed by atoms with E-state index >= 15 is 0 Å². The van der Waals surface area contributed by atoms with E-state index in [0.717, 1.165) is 6.07 Å². The molecule has 2 amide bonds. The van der Waals surface area contributed by atoms with Crippen molar-refractivity contribution in [1.82, 2.24) is 0 Å². The maximum atomic E-state index is 12.7. The minimum Gasteiger partial charge on any atom is -0.507 e. The lowest BCUT2D eigenvalue weighted by Crippen LogP contribution is -2.24. The number of phenolic OH excluding ortho intramolecular Hbond substituents is 1. The quantitative estimate of drug-likeness (QED) is 0.370. The van der Waals surface area contributed by atoms with Gasteiger partial charge in [0.05, 0.1) is 35.6 Å². The maximum Gasteiger partial charge on any atom is 0.337 e. The summed E-state index contributed by atoms with van der Waals surface area (Å²) in [5.41, 5.74) is 0.745. The zero-order valence-electron chi connectivity index (χ0n) is 19.6. The van der Waals surface area contributed by atoms with E-state index in [4.69, 9.17) is 15.4 Å². The molecule has 0 fully saturated rings. The molecular weight excluding hydrogens is 464 g/mol. The van der Waals surface area contributed by atoms with E-state index in [1.165, 1.54) is 43.2 Å². The van der Waals surface area contributed by atoms with E-state index in [1.807, 2.05) is 6.07 Å². The molecule has 3 aromatic carbocycles. The summed E-state index contributed by atoms with van der Waals surface area (Å²) in [6.07, 6.45) is 0. The Balaban J connectivity index is 1.92. The van der Waals surface area contributed by atoms with Crippen molar-refractivity contribution in [2.24, 2.45) is 0 Å². The Hall–Kier alpha value is -5.17. The van der Waals surface area contributed by atoms with Crippen molar-refractivity contribution in [3.63, 3.8) is 0 Å². The van der Waals surface area contributed by atoms with Crippen molar-refractivity contribution >= 4 is 34.9 Å². The predicted octanol–water partition coefficient (Wildman–Crippen LogP) is 3.63. The number of aromatic carboxylic acids is 1. The van der Waals surface area contributed by atoms with Crippen LogP contribution in [0.2, 0.25) is 0 Å². The molecule has 10 heteroatoms. The van der Waals surface area contributed by atoms with Crippen LogP contribution in [0.3, 0.4) is 0 Å². The zero-order valence-corrected chi connectivity index (χ0v) is 19.6. The molecule has 0 heterocycles. The highest BCUT2D eigenvalue weighted by atomic mass is 16.5. The Morgan fingerprint density at radius 1 is 1.06 bits per heavy atom. The number of hydrogen-bond acceptors (Lipinski definition) is 7. The van der Waals surface area contributed by atoms with Gasteiger partial charge in [0.2, 0.25) is 5.91 Å².